The number of alkyl halides is 2. The summed E-state index contributed by atoms with van der Waals surface area (Å²) in [6, 6.07) is 0.564. The maximum atomic E-state index is 12.4. The van der Waals surface area contributed by atoms with Crippen molar-refractivity contribution in [3.05, 3.63) is 0 Å². The Hall–Kier alpha value is -0.220. The zero-order valence-electron chi connectivity index (χ0n) is 6.97. The summed E-state index contributed by atoms with van der Waals surface area (Å²) in [5.41, 5.74) is 4.35. The predicted octanol–water partition coefficient (Wildman–Crippen LogP) is 0.817. The smallest absolute Gasteiger partial charge is 0.257 e. The number of hydrogen-bond acceptors (Lipinski definition) is 2. The third-order valence-electron chi connectivity index (χ3n) is 2.86. The summed E-state index contributed by atoms with van der Waals surface area (Å²) in [7, 11) is 0. The molecule has 70 valence electrons. The van der Waals surface area contributed by atoms with Crippen LogP contribution in [0, 0.1) is 0 Å². The molecule has 2 rings (SSSR count). The van der Waals surface area contributed by atoms with Crippen molar-refractivity contribution in [1.82, 2.24) is 4.90 Å². The molecule has 12 heavy (non-hydrogen) atoms. The van der Waals surface area contributed by atoms with Gasteiger partial charge < -0.3 is 5.73 Å². The predicted molar refractivity (Wildman–Crippen MR) is 42.1 cm³/mol. The van der Waals surface area contributed by atoms with Gasteiger partial charge in [0, 0.05) is 19.1 Å². The van der Waals surface area contributed by atoms with E-state index in [1.165, 1.54) is 12.8 Å². The second-order valence-corrected chi connectivity index (χ2v) is 3.99. The van der Waals surface area contributed by atoms with Gasteiger partial charge in [0.2, 0.25) is 0 Å². The van der Waals surface area contributed by atoms with E-state index in [1.54, 1.807) is 0 Å². The van der Waals surface area contributed by atoms with Gasteiger partial charge in [0.25, 0.3) is 6.43 Å². The fraction of sp³-hybridized carbons (Fsp3) is 1.00. The van der Waals surface area contributed by atoms with Gasteiger partial charge in [0.1, 0.15) is 0 Å². The Labute approximate surface area is 70.7 Å². The summed E-state index contributed by atoms with van der Waals surface area (Å²) in [5, 5.41) is 0. The van der Waals surface area contributed by atoms with Gasteiger partial charge >= 0.3 is 0 Å². The Kier molecular flexibility index (Phi) is 1.84. The lowest BCUT2D eigenvalue weighted by Gasteiger charge is -2.23. The SMILES string of the molecule is NC1(C(F)F)CCN(C2CC2)C1. The van der Waals surface area contributed by atoms with Gasteiger partial charge in [-0.3, -0.25) is 4.90 Å². The Bertz CT molecular complexity index is 182. The quantitative estimate of drug-likeness (QED) is 0.674. The van der Waals surface area contributed by atoms with Crippen molar-refractivity contribution in [2.24, 2.45) is 5.73 Å². The molecular weight excluding hydrogens is 162 g/mol. The molecule has 2 fully saturated rings. The number of hydrogen-bond donors (Lipinski definition) is 1. The van der Waals surface area contributed by atoms with Crippen LogP contribution in [0.4, 0.5) is 8.78 Å². The number of nitrogens with zero attached hydrogens (tertiary/aromatic N) is 1. The third kappa shape index (κ3) is 1.33. The lowest BCUT2D eigenvalue weighted by atomic mass is 10.0. The number of nitrogens with two attached hydrogens (primary N) is 1. The van der Waals surface area contributed by atoms with E-state index in [0.717, 1.165) is 6.54 Å². The van der Waals surface area contributed by atoms with Gasteiger partial charge in [-0.25, -0.2) is 8.78 Å². The van der Waals surface area contributed by atoms with Crippen LogP contribution >= 0.6 is 0 Å². The molecule has 0 radical (unpaired) electrons. The van der Waals surface area contributed by atoms with E-state index in [4.69, 9.17) is 5.73 Å². The van der Waals surface area contributed by atoms with Crippen molar-refractivity contribution >= 4 is 0 Å². The van der Waals surface area contributed by atoms with Gasteiger partial charge in [-0.05, 0) is 19.3 Å². The largest absolute Gasteiger partial charge is 0.319 e. The van der Waals surface area contributed by atoms with Crippen molar-refractivity contribution < 1.29 is 8.78 Å². The molecule has 1 unspecified atom stereocenters. The maximum Gasteiger partial charge on any atom is 0.257 e. The summed E-state index contributed by atoms with van der Waals surface area (Å²) in [4.78, 5) is 2.10. The van der Waals surface area contributed by atoms with E-state index < -0.39 is 12.0 Å². The zero-order chi connectivity index (χ0) is 8.77. The van der Waals surface area contributed by atoms with Crippen LogP contribution in [0.25, 0.3) is 0 Å². The first kappa shape index (κ1) is 8.38. The van der Waals surface area contributed by atoms with E-state index in [-0.39, 0.29) is 0 Å². The van der Waals surface area contributed by atoms with Crippen LogP contribution in [0.5, 0.6) is 0 Å². The molecular formula is C8H14F2N2. The highest BCUT2D eigenvalue weighted by Gasteiger charge is 2.46. The Morgan fingerprint density at radius 3 is 2.50 bits per heavy atom. The molecule has 0 amide bonds. The fourth-order valence-corrected chi connectivity index (χ4v) is 1.82. The molecule has 0 aromatic carbocycles. The minimum Gasteiger partial charge on any atom is -0.319 e. The van der Waals surface area contributed by atoms with Crippen molar-refractivity contribution in [2.45, 2.75) is 37.3 Å². The molecule has 0 aromatic rings. The average molecular weight is 176 g/mol. The first-order valence-corrected chi connectivity index (χ1v) is 4.43. The van der Waals surface area contributed by atoms with Crippen LogP contribution in [0.2, 0.25) is 0 Å². The zero-order valence-corrected chi connectivity index (χ0v) is 6.97. The molecule has 0 bridgehead atoms. The van der Waals surface area contributed by atoms with Gasteiger partial charge in [-0.2, -0.15) is 0 Å². The highest BCUT2D eigenvalue weighted by Crippen LogP contribution is 2.34. The van der Waals surface area contributed by atoms with Crippen molar-refractivity contribution in [2.75, 3.05) is 13.1 Å². The summed E-state index contributed by atoms with van der Waals surface area (Å²) >= 11 is 0. The van der Waals surface area contributed by atoms with E-state index in [9.17, 15) is 8.78 Å². The standard InChI is InChI=1S/C8H14F2N2/c9-7(10)8(11)3-4-12(5-8)6-1-2-6/h6-7H,1-5,11H2. The molecule has 4 heteroatoms. The molecule has 1 saturated heterocycles. The van der Waals surface area contributed by atoms with Crippen molar-refractivity contribution in [3.63, 3.8) is 0 Å². The van der Waals surface area contributed by atoms with Gasteiger partial charge in [-0.1, -0.05) is 0 Å². The first-order chi connectivity index (χ1) is 5.62. The molecule has 0 spiro atoms. The van der Waals surface area contributed by atoms with E-state index in [1.807, 2.05) is 0 Å². The number of rotatable bonds is 2. The van der Waals surface area contributed by atoms with Crippen molar-refractivity contribution in [1.29, 1.82) is 0 Å². The second-order valence-electron chi connectivity index (χ2n) is 3.99. The van der Waals surface area contributed by atoms with E-state index in [0.29, 0.717) is 19.0 Å². The fourth-order valence-electron chi connectivity index (χ4n) is 1.82. The highest BCUT2D eigenvalue weighted by molar-refractivity contribution is 5.01. The Morgan fingerprint density at radius 1 is 1.42 bits per heavy atom. The molecule has 1 saturated carbocycles. The highest BCUT2D eigenvalue weighted by atomic mass is 19.3. The summed E-state index contributed by atoms with van der Waals surface area (Å²) in [6.07, 6.45) is 0.404. The third-order valence-corrected chi connectivity index (χ3v) is 2.86. The topological polar surface area (TPSA) is 29.3 Å². The lowest BCUT2D eigenvalue weighted by Crippen LogP contribution is -2.49. The summed E-state index contributed by atoms with van der Waals surface area (Å²) in [6.45, 7) is 1.14. The van der Waals surface area contributed by atoms with Crippen LogP contribution < -0.4 is 5.73 Å². The molecule has 1 atom stereocenters. The monoisotopic (exact) mass is 176 g/mol. The van der Waals surface area contributed by atoms with Crippen LogP contribution in [-0.2, 0) is 0 Å². The molecule has 1 aliphatic carbocycles. The molecule has 1 heterocycles. The molecule has 1 aliphatic heterocycles. The number of halogens is 2. The lowest BCUT2D eigenvalue weighted by molar-refractivity contribution is 0.0575. The maximum absolute atomic E-state index is 12.4. The Morgan fingerprint density at radius 2 is 2.08 bits per heavy atom. The minimum atomic E-state index is -2.37. The molecule has 2 N–H and O–H groups in total. The van der Waals surface area contributed by atoms with Gasteiger partial charge in [0.05, 0.1) is 5.54 Å². The molecule has 0 aromatic heterocycles. The number of likely N-dealkylation sites (tertiary alicyclic amines) is 1. The van der Waals surface area contributed by atoms with Crippen LogP contribution in [0.15, 0.2) is 0 Å². The summed E-state index contributed by atoms with van der Waals surface area (Å²) < 4.78 is 24.9. The minimum absolute atomic E-state index is 0.384. The molecule has 2 aliphatic rings. The van der Waals surface area contributed by atoms with Crippen LogP contribution in [0.1, 0.15) is 19.3 Å². The summed E-state index contributed by atoms with van der Waals surface area (Å²) in [5.74, 6) is 0. The van der Waals surface area contributed by atoms with Gasteiger partial charge in [-0.15, -0.1) is 0 Å². The first-order valence-electron chi connectivity index (χ1n) is 4.43. The van der Waals surface area contributed by atoms with E-state index in [2.05, 4.69) is 4.90 Å². The van der Waals surface area contributed by atoms with Crippen LogP contribution in [0.3, 0.4) is 0 Å². The van der Waals surface area contributed by atoms with Crippen LogP contribution in [-0.4, -0.2) is 36.0 Å². The van der Waals surface area contributed by atoms with Crippen molar-refractivity contribution in [3.8, 4) is 0 Å². The normalized spacial score (nSPS) is 38.0. The molecule has 2 nitrogen and oxygen atoms in total. The Balaban J connectivity index is 1.95. The second kappa shape index (κ2) is 2.64. The van der Waals surface area contributed by atoms with Gasteiger partial charge in [0.15, 0.2) is 0 Å². The average Bonchev–Trinajstić information content (AvgIpc) is 2.76. The van der Waals surface area contributed by atoms with E-state index >= 15 is 0 Å².